The van der Waals surface area contributed by atoms with E-state index in [1.54, 1.807) is 6.92 Å². The quantitative estimate of drug-likeness (QED) is 0.881. The Morgan fingerprint density at radius 2 is 2.05 bits per heavy atom. The second kappa shape index (κ2) is 4.64. The van der Waals surface area contributed by atoms with Crippen LogP contribution in [-0.4, -0.2) is 41.4 Å². The van der Waals surface area contributed by atoms with Crippen LogP contribution < -0.4 is 0 Å². The number of carbonyl (C=O) groups is 1. The number of aromatic nitrogens is 1. The Hall–Kier alpha value is -1.34. The Balaban J connectivity index is 2.55. The number of aryl methyl sites for hydroxylation is 1. The van der Waals surface area contributed by atoms with Gasteiger partial charge in [-0.25, -0.2) is 13.2 Å². The lowest BCUT2D eigenvalue weighted by atomic mass is 10.2. The van der Waals surface area contributed by atoms with Gasteiger partial charge in [-0.05, 0) is 33.6 Å². The van der Waals surface area contributed by atoms with Gasteiger partial charge in [-0.1, -0.05) is 0 Å². The minimum Gasteiger partial charge on any atom is -0.477 e. The molecule has 2 N–H and O–H groups in total. The Kier molecular flexibility index (Phi) is 3.44. The van der Waals surface area contributed by atoms with E-state index in [2.05, 4.69) is 4.98 Å². The van der Waals surface area contributed by atoms with Gasteiger partial charge < -0.3 is 10.1 Å². The van der Waals surface area contributed by atoms with Gasteiger partial charge in [0.1, 0.15) is 10.6 Å². The van der Waals surface area contributed by atoms with Crippen molar-refractivity contribution in [1.82, 2.24) is 9.29 Å². The second-order valence-corrected chi connectivity index (χ2v) is 6.82. The molecule has 0 amide bonds. The van der Waals surface area contributed by atoms with E-state index >= 15 is 0 Å². The van der Waals surface area contributed by atoms with Gasteiger partial charge in [0.05, 0.1) is 0 Å². The summed E-state index contributed by atoms with van der Waals surface area (Å²) in [5.74, 6) is -1.14. The van der Waals surface area contributed by atoms with Crippen molar-refractivity contribution >= 4 is 16.0 Å². The summed E-state index contributed by atoms with van der Waals surface area (Å²) in [5, 5.41) is 9.05. The summed E-state index contributed by atoms with van der Waals surface area (Å²) in [4.78, 5) is 13.8. The lowest BCUT2D eigenvalue weighted by Crippen LogP contribution is -2.34. The highest BCUT2D eigenvalue weighted by atomic mass is 32.2. The fourth-order valence-electron chi connectivity index (χ4n) is 2.71. The summed E-state index contributed by atoms with van der Waals surface area (Å²) in [6.07, 6.45) is 1.68. The van der Waals surface area contributed by atoms with E-state index in [4.69, 9.17) is 5.11 Å². The molecule has 1 aromatic rings. The van der Waals surface area contributed by atoms with Gasteiger partial charge >= 0.3 is 5.97 Å². The molecule has 1 atom stereocenters. The third kappa shape index (κ3) is 2.17. The van der Waals surface area contributed by atoms with Crippen LogP contribution in [-0.2, 0) is 10.0 Å². The van der Waals surface area contributed by atoms with E-state index in [0.29, 0.717) is 12.2 Å². The summed E-state index contributed by atoms with van der Waals surface area (Å²) in [5.41, 5.74) is 0.612. The maximum absolute atomic E-state index is 12.6. The molecule has 0 spiro atoms. The minimum atomic E-state index is -3.62. The average Bonchev–Trinajstić information content (AvgIpc) is 2.83. The van der Waals surface area contributed by atoms with E-state index in [0.717, 1.165) is 12.8 Å². The first-order valence-corrected chi connectivity index (χ1v) is 7.65. The Bertz CT molecular complexity index is 618. The van der Waals surface area contributed by atoms with Crippen LogP contribution in [0.1, 0.15) is 41.5 Å². The van der Waals surface area contributed by atoms with E-state index in [-0.39, 0.29) is 22.2 Å². The maximum atomic E-state index is 12.6. The third-order valence-corrected chi connectivity index (χ3v) is 5.93. The predicted molar refractivity (Wildman–Crippen MR) is 69.8 cm³/mol. The smallest absolute Gasteiger partial charge is 0.352 e. The van der Waals surface area contributed by atoms with Gasteiger partial charge in [0, 0.05) is 23.8 Å². The Morgan fingerprint density at radius 3 is 2.47 bits per heavy atom. The Morgan fingerprint density at radius 1 is 1.42 bits per heavy atom. The average molecular weight is 286 g/mol. The topological polar surface area (TPSA) is 90.5 Å². The van der Waals surface area contributed by atoms with Crippen molar-refractivity contribution in [2.75, 3.05) is 6.54 Å². The summed E-state index contributed by atoms with van der Waals surface area (Å²) in [6, 6.07) is -0.0352. The summed E-state index contributed by atoms with van der Waals surface area (Å²) >= 11 is 0. The molecule has 7 heteroatoms. The third-order valence-electron chi connectivity index (χ3n) is 3.64. The lowest BCUT2D eigenvalue weighted by molar-refractivity contribution is 0.0690. The fraction of sp³-hybridized carbons (Fsp3) is 0.583. The molecule has 0 saturated carbocycles. The van der Waals surface area contributed by atoms with Crippen LogP contribution in [0.5, 0.6) is 0 Å². The standard InChI is InChI=1S/C12H18N2O4S/c1-7-5-4-6-14(7)19(17,18)11-8(2)10(12(15)16)13-9(11)3/h7,13H,4-6H2,1-3H3,(H,15,16). The van der Waals surface area contributed by atoms with Crippen molar-refractivity contribution in [3.05, 3.63) is 17.0 Å². The Labute approximate surface area is 112 Å². The molecule has 1 aromatic heterocycles. The number of aromatic carboxylic acids is 1. The highest BCUT2D eigenvalue weighted by Gasteiger charge is 2.36. The molecule has 1 aliphatic rings. The van der Waals surface area contributed by atoms with Gasteiger partial charge in [-0.2, -0.15) is 4.31 Å². The number of H-pyrrole nitrogens is 1. The van der Waals surface area contributed by atoms with Crippen molar-refractivity contribution < 1.29 is 18.3 Å². The molecule has 1 fully saturated rings. The first-order chi connectivity index (χ1) is 8.76. The molecule has 0 aromatic carbocycles. The highest BCUT2D eigenvalue weighted by molar-refractivity contribution is 7.89. The largest absolute Gasteiger partial charge is 0.477 e. The zero-order valence-corrected chi connectivity index (χ0v) is 12.0. The summed E-state index contributed by atoms with van der Waals surface area (Å²) in [7, 11) is -3.62. The number of hydrogen-bond donors (Lipinski definition) is 2. The zero-order valence-electron chi connectivity index (χ0n) is 11.2. The van der Waals surface area contributed by atoms with Gasteiger partial charge in [-0.15, -0.1) is 0 Å². The van der Waals surface area contributed by atoms with E-state index < -0.39 is 16.0 Å². The second-order valence-electron chi connectivity index (χ2n) is 4.99. The van der Waals surface area contributed by atoms with Gasteiger partial charge in [0.15, 0.2) is 0 Å². The normalized spacial score (nSPS) is 20.9. The van der Waals surface area contributed by atoms with Gasteiger partial charge in [-0.3, -0.25) is 0 Å². The van der Waals surface area contributed by atoms with Gasteiger partial charge in [0.2, 0.25) is 10.0 Å². The first-order valence-electron chi connectivity index (χ1n) is 6.21. The van der Waals surface area contributed by atoms with Crippen LogP contribution in [0, 0.1) is 13.8 Å². The first kappa shape index (κ1) is 14.1. The minimum absolute atomic E-state index is 0.0352. The van der Waals surface area contributed by atoms with E-state index in [1.807, 2.05) is 6.92 Å². The molecule has 19 heavy (non-hydrogen) atoms. The van der Waals surface area contributed by atoms with E-state index in [9.17, 15) is 13.2 Å². The lowest BCUT2D eigenvalue weighted by Gasteiger charge is -2.21. The highest BCUT2D eigenvalue weighted by Crippen LogP contribution is 2.31. The predicted octanol–water partition coefficient (Wildman–Crippen LogP) is 1.50. The molecule has 1 saturated heterocycles. The fourth-order valence-corrected chi connectivity index (χ4v) is 4.82. The molecule has 0 aliphatic carbocycles. The number of hydrogen-bond acceptors (Lipinski definition) is 3. The molecule has 0 radical (unpaired) electrons. The molecule has 1 unspecified atom stereocenters. The number of sulfonamides is 1. The maximum Gasteiger partial charge on any atom is 0.352 e. The number of carboxylic acid groups (broad SMARTS) is 1. The van der Waals surface area contributed by atoms with Crippen LogP contribution in [0.4, 0.5) is 0 Å². The van der Waals surface area contributed by atoms with Crippen LogP contribution >= 0.6 is 0 Å². The molecule has 1 aliphatic heterocycles. The van der Waals surface area contributed by atoms with Crippen molar-refractivity contribution in [1.29, 1.82) is 0 Å². The van der Waals surface area contributed by atoms with Crippen LogP contribution in [0.3, 0.4) is 0 Å². The van der Waals surface area contributed by atoms with Crippen LogP contribution in [0.15, 0.2) is 4.90 Å². The van der Waals surface area contributed by atoms with Crippen molar-refractivity contribution in [3.63, 3.8) is 0 Å². The monoisotopic (exact) mass is 286 g/mol. The SMILES string of the molecule is Cc1[nH]c(C(=O)O)c(C)c1S(=O)(=O)N1CCCC1C. The van der Waals surface area contributed by atoms with E-state index in [1.165, 1.54) is 11.2 Å². The number of carboxylic acids is 1. The molecule has 0 bridgehead atoms. The van der Waals surface area contributed by atoms with Crippen molar-refractivity contribution in [2.45, 2.75) is 44.6 Å². The zero-order chi connectivity index (χ0) is 14.4. The van der Waals surface area contributed by atoms with Crippen LogP contribution in [0.25, 0.3) is 0 Å². The molecule has 2 rings (SSSR count). The van der Waals surface area contributed by atoms with Crippen LogP contribution in [0.2, 0.25) is 0 Å². The van der Waals surface area contributed by atoms with Gasteiger partial charge in [0.25, 0.3) is 0 Å². The number of rotatable bonds is 3. The molecule has 106 valence electrons. The van der Waals surface area contributed by atoms with Crippen molar-refractivity contribution in [3.8, 4) is 0 Å². The summed E-state index contributed by atoms with van der Waals surface area (Å²) in [6.45, 7) is 5.49. The molecule has 6 nitrogen and oxygen atoms in total. The number of aromatic amines is 1. The molecular formula is C12H18N2O4S. The molecular weight excluding hydrogens is 268 g/mol. The number of nitrogens with zero attached hydrogens (tertiary/aromatic N) is 1. The number of nitrogens with one attached hydrogen (secondary N) is 1. The summed E-state index contributed by atoms with van der Waals surface area (Å²) < 4.78 is 26.7. The molecule has 2 heterocycles. The van der Waals surface area contributed by atoms with Crippen molar-refractivity contribution in [2.24, 2.45) is 0 Å².